The fraction of sp³-hybridized carbons (Fsp3) is 0.304. The SMILES string of the molecule is CC.CC.COC(=O)c1cc2cc(-c3ccc(CCC(=O)O)cc3)ccc2[nH]1. The van der Waals surface area contributed by atoms with E-state index >= 15 is 0 Å². The minimum atomic E-state index is -0.793. The number of aromatic amines is 1. The molecular formula is C23H29NO4. The van der Waals surface area contributed by atoms with Crippen molar-refractivity contribution in [2.24, 2.45) is 0 Å². The Morgan fingerprint density at radius 2 is 1.54 bits per heavy atom. The number of hydrogen-bond donors (Lipinski definition) is 2. The number of aryl methyl sites for hydroxylation is 1. The Morgan fingerprint density at radius 3 is 2.11 bits per heavy atom. The zero-order valence-corrected chi connectivity index (χ0v) is 17.2. The van der Waals surface area contributed by atoms with E-state index in [4.69, 9.17) is 9.84 Å². The van der Waals surface area contributed by atoms with Crippen molar-refractivity contribution in [3.63, 3.8) is 0 Å². The van der Waals surface area contributed by atoms with Gasteiger partial charge in [-0.25, -0.2) is 4.79 Å². The third kappa shape index (κ3) is 5.98. The number of nitrogens with one attached hydrogen (secondary N) is 1. The van der Waals surface area contributed by atoms with Gasteiger partial charge in [-0.1, -0.05) is 58.0 Å². The molecule has 0 atom stereocenters. The molecule has 0 aliphatic heterocycles. The number of rotatable bonds is 5. The summed E-state index contributed by atoms with van der Waals surface area (Å²) in [6.07, 6.45) is 0.653. The number of carbonyl (C=O) groups excluding carboxylic acids is 1. The highest BCUT2D eigenvalue weighted by Gasteiger charge is 2.10. The zero-order valence-electron chi connectivity index (χ0n) is 17.2. The lowest BCUT2D eigenvalue weighted by Crippen LogP contribution is -2.00. The highest BCUT2D eigenvalue weighted by atomic mass is 16.5. The summed E-state index contributed by atoms with van der Waals surface area (Å²) in [5.41, 5.74) is 4.36. The first kappa shape index (κ1) is 23.0. The number of esters is 1. The molecule has 0 saturated carbocycles. The molecule has 0 spiro atoms. The summed E-state index contributed by atoms with van der Waals surface area (Å²) in [5.74, 6) is -1.19. The number of H-pyrrole nitrogens is 1. The van der Waals surface area contributed by atoms with Crippen molar-refractivity contribution in [3.05, 3.63) is 59.8 Å². The number of methoxy groups -OCH3 is 1. The lowest BCUT2D eigenvalue weighted by molar-refractivity contribution is -0.136. The number of fused-ring (bicyclic) bond motifs is 1. The second-order valence-corrected chi connectivity index (χ2v) is 5.57. The minimum absolute atomic E-state index is 0.130. The Balaban J connectivity index is 0.000000921. The van der Waals surface area contributed by atoms with E-state index in [0.717, 1.165) is 27.6 Å². The van der Waals surface area contributed by atoms with Crippen molar-refractivity contribution >= 4 is 22.8 Å². The maximum Gasteiger partial charge on any atom is 0.354 e. The molecule has 0 unspecified atom stereocenters. The number of hydrogen-bond acceptors (Lipinski definition) is 3. The van der Waals surface area contributed by atoms with Gasteiger partial charge in [0, 0.05) is 17.3 Å². The Bertz CT molecular complexity index is 895. The summed E-state index contributed by atoms with van der Waals surface area (Å²) in [6, 6.07) is 15.5. The number of benzene rings is 2. The Hall–Kier alpha value is -3.08. The summed E-state index contributed by atoms with van der Waals surface area (Å²) in [4.78, 5) is 25.2. The predicted octanol–water partition coefficient (Wildman–Crippen LogP) is 5.69. The third-order valence-corrected chi connectivity index (χ3v) is 3.94. The maximum absolute atomic E-state index is 11.6. The molecule has 5 nitrogen and oxygen atoms in total. The van der Waals surface area contributed by atoms with Crippen molar-refractivity contribution < 1.29 is 19.4 Å². The fourth-order valence-corrected chi connectivity index (χ4v) is 2.65. The zero-order chi connectivity index (χ0) is 21.1. The van der Waals surface area contributed by atoms with Crippen LogP contribution in [0.3, 0.4) is 0 Å². The summed E-state index contributed by atoms with van der Waals surface area (Å²) in [7, 11) is 1.35. The van der Waals surface area contributed by atoms with E-state index in [0.29, 0.717) is 12.1 Å². The topological polar surface area (TPSA) is 79.4 Å². The number of carbonyl (C=O) groups is 2. The number of aliphatic carboxylic acids is 1. The quantitative estimate of drug-likeness (QED) is 0.555. The molecule has 0 amide bonds. The van der Waals surface area contributed by atoms with Crippen molar-refractivity contribution in [2.75, 3.05) is 7.11 Å². The molecule has 3 aromatic rings. The molecule has 0 aliphatic rings. The molecule has 0 bridgehead atoms. The molecule has 2 N–H and O–H groups in total. The largest absolute Gasteiger partial charge is 0.481 e. The second kappa shape index (κ2) is 11.6. The van der Waals surface area contributed by atoms with Crippen LogP contribution in [0.1, 0.15) is 50.2 Å². The van der Waals surface area contributed by atoms with Crippen LogP contribution in [0.25, 0.3) is 22.0 Å². The number of carboxylic acid groups (broad SMARTS) is 1. The van der Waals surface area contributed by atoms with Crippen molar-refractivity contribution in [1.29, 1.82) is 0 Å². The van der Waals surface area contributed by atoms with Gasteiger partial charge in [0.2, 0.25) is 0 Å². The van der Waals surface area contributed by atoms with Gasteiger partial charge in [0.05, 0.1) is 7.11 Å². The Kier molecular flexibility index (Phi) is 9.51. The third-order valence-electron chi connectivity index (χ3n) is 3.94. The van der Waals surface area contributed by atoms with Gasteiger partial charge < -0.3 is 14.8 Å². The van der Waals surface area contributed by atoms with Crippen molar-refractivity contribution in [1.82, 2.24) is 4.98 Å². The van der Waals surface area contributed by atoms with Crippen LogP contribution < -0.4 is 0 Å². The number of aromatic nitrogens is 1. The summed E-state index contributed by atoms with van der Waals surface area (Å²) in [5, 5.41) is 9.66. The van der Waals surface area contributed by atoms with E-state index < -0.39 is 11.9 Å². The molecule has 0 saturated heterocycles. The van der Waals surface area contributed by atoms with Crippen molar-refractivity contribution in [2.45, 2.75) is 40.5 Å². The molecule has 1 aromatic heterocycles. The summed E-state index contributed by atoms with van der Waals surface area (Å²) in [6.45, 7) is 8.00. The fourth-order valence-electron chi connectivity index (χ4n) is 2.65. The summed E-state index contributed by atoms with van der Waals surface area (Å²) < 4.78 is 4.72. The lowest BCUT2D eigenvalue weighted by atomic mass is 10.0. The smallest absolute Gasteiger partial charge is 0.354 e. The molecule has 0 aliphatic carbocycles. The number of carboxylic acids is 1. The summed E-state index contributed by atoms with van der Waals surface area (Å²) >= 11 is 0. The van der Waals surface area contributed by atoms with Gasteiger partial charge in [-0.3, -0.25) is 4.79 Å². The lowest BCUT2D eigenvalue weighted by Gasteiger charge is -2.04. The maximum atomic E-state index is 11.6. The molecular weight excluding hydrogens is 354 g/mol. The molecule has 150 valence electrons. The molecule has 28 heavy (non-hydrogen) atoms. The normalized spacial score (nSPS) is 9.61. The van der Waals surface area contributed by atoms with Gasteiger partial charge in [-0.05, 0) is 41.3 Å². The average molecular weight is 383 g/mol. The Morgan fingerprint density at radius 1 is 0.929 bits per heavy atom. The first-order valence-corrected chi connectivity index (χ1v) is 9.59. The van der Waals surface area contributed by atoms with E-state index in [1.54, 1.807) is 6.07 Å². The van der Waals surface area contributed by atoms with E-state index in [1.807, 2.05) is 70.2 Å². The molecule has 0 radical (unpaired) electrons. The average Bonchev–Trinajstić information content (AvgIpc) is 3.18. The van der Waals surface area contributed by atoms with Gasteiger partial charge >= 0.3 is 11.9 Å². The van der Waals surface area contributed by atoms with Crippen LogP contribution in [0, 0.1) is 0 Å². The second-order valence-electron chi connectivity index (χ2n) is 5.57. The molecule has 1 heterocycles. The van der Waals surface area contributed by atoms with Crippen LogP contribution in [-0.2, 0) is 16.0 Å². The van der Waals surface area contributed by atoms with E-state index in [9.17, 15) is 9.59 Å². The van der Waals surface area contributed by atoms with Gasteiger partial charge in [-0.15, -0.1) is 0 Å². The monoisotopic (exact) mass is 383 g/mol. The molecule has 2 aromatic carbocycles. The van der Waals surface area contributed by atoms with Crippen LogP contribution >= 0.6 is 0 Å². The minimum Gasteiger partial charge on any atom is -0.481 e. The van der Waals surface area contributed by atoms with Crippen LogP contribution in [0.2, 0.25) is 0 Å². The van der Waals surface area contributed by atoms with Gasteiger partial charge in [0.25, 0.3) is 0 Å². The van der Waals surface area contributed by atoms with Crippen LogP contribution in [0.4, 0.5) is 0 Å². The van der Waals surface area contributed by atoms with Crippen molar-refractivity contribution in [3.8, 4) is 11.1 Å². The Labute approximate surface area is 166 Å². The van der Waals surface area contributed by atoms with Crippen LogP contribution in [0.15, 0.2) is 48.5 Å². The molecule has 3 rings (SSSR count). The molecule has 5 heteroatoms. The van der Waals surface area contributed by atoms with Gasteiger partial charge in [0.15, 0.2) is 0 Å². The first-order chi connectivity index (χ1) is 13.6. The van der Waals surface area contributed by atoms with E-state index in [2.05, 4.69) is 4.98 Å². The first-order valence-electron chi connectivity index (χ1n) is 9.59. The van der Waals surface area contributed by atoms with E-state index in [-0.39, 0.29) is 6.42 Å². The van der Waals surface area contributed by atoms with Gasteiger partial charge in [0.1, 0.15) is 5.69 Å². The highest BCUT2D eigenvalue weighted by Crippen LogP contribution is 2.25. The van der Waals surface area contributed by atoms with Gasteiger partial charge in [-0.2, -0.15) is 0 Å². The predicted molar refractivity (Wildman–Crippen MR) is 114 cm³/mol. The van der Waals surface area contributed by atoms with Crippen LogP contribution in [0.5, 0.6) is 0 Å². The standard InChI is InChI=1S/C19H17NO4.2C2H6/c1-24-19(23)17-11-15-10-14(7-8-16(15)20-17)13-5-2-12(3-6-13)4-9-18(21)22;2*1-2/h2-3,5-8,10-11,20H,4,9H2,1H3,(H,21,22);2*1-2H3. The molecule has 0 fully saturated rings. The van der Waals surface area contributed by atoms with E-state index in [1.165, 1.54) is 7.11 Å². The number of ether oxygens (including phenoxy) is 1. The van der Waals surface area contributed by atoms with Crippen LogP contribution in [-0.4, -0.2) is 29.1 Å². The highest BCUT2D eigenvalue weighted by molar-refractivity contribution is 5.96.